The Labute approximate surface area is 99.5 Å². The van der Waals surface area contributed by atoms with E-state index in [0.29, 0.717) is 23.6 Å². The highest BCUT2D eigenvalue weighted by molar-refractivity contribution is 6.30. The van der Waals surface area contributed by atoms with Gasteiger partial charge in [-0.1, -0.05) is 11.6 Å². The van der Waals surface area contributed by atoms with Crippen molar-refractivity contribution in [2.75, 3.05) is 14.2 Å². The van der Waals surface area contributed by atoms with Gasteiger partial charge in [-0.2, -0.15) is 0 Å². The predicted molar refractivity (Wildman–Crippen MR) is 60.6 cm³/mol. The summed E-state index contributed by atoms with van der Waals surface area (Å²) in [6, 6.07) is 3.18. The predicted octanol–water partition coefficient (Wildman–Crippen LogP) is 2.32. The molecule has 0 fully saturated rings. The highest BCUT2D eigenvalue weighted by Gasteiger charge is 2.12. The molecular formula is C11H14ClNO3. The molecule has 0 atom stereocenters. The molecule has 1 aromatic heterocycles. The molecule has 0 saturated heterocycles. The summed E-state index contributed by atoms with van der Waals surface area (Å²) in [4.78, 5) is 15.7. The normalized spacial score (nSPS) is 10.8. The van der Waals surface area contributed by atoms with E-state index < -0.39 is 0 Å². The monoisotopic (exact) mass is 243 g/mol. The molecule has 0 saturated carbocycles. The van der Waals surface area contributed by atoms with Crippen molar-refractivity contribution >= 4 is 17.4 Å². The Morgan fingerprint density at radius 3 is 2.75 bits per heavy atom. The van der Waals surface area contributed by atoms with Crippen molar-refractivity contribution in [2.24, 2.45) is 0 Å². The Hall–Kier alpha value is -0.970. The summed E-state index contributed by atoms with van der Waals surface area (Å²) in [6.07, 6.45) is 1.97. The van der Waals surface area contributed by atoms with Gasteiger partial charge in [0.1, 0.15) is 5.69 Å². The quantitative estimate of drug-likeness (QED) is 0.568. The minimum Gasteiger partial charge on any atom is -0.356 e. The molecule has 1 heterocycles. The lowest BCUT2D eigenvalue weighted by Crippen LogP contribution is -2.15. The van der Waals surface area contributed by atoms with Gasteiger partial charge in [0.25, 0.3) is 0 Å². The smallest absolute Gasteiger partial charge is 0.181 e. The molecule has 0 spiro atoms. The summed E-state index contributed by atoms with van der Waals surface area (Å²) in [5, 5.41) is 0.508. The van der Waals surface area contributed by atoms with Crippen LogP contribution in [0.1, 0.15) is 23.3 Å². The zero-order valence-electron chi connectivity index (χ0n) is 9.27. The first kappa shape index (κ1) is 13.1. The Kier molecular flexibility index (Phi) is 5.38. The van der Waals surface area contributed by atoms with E-state index in [1.165, 1.54) is 20.4 Å². The average Bonchev–Trinajstić information content (AvgIpc) is 2.30. The van der Waals surface area contributed by atoms with Crippen molar-refractivity contribution in [3.8, 4) is 0 Å². The van der Waals surface area contributed by atoms with Gasteiger partial charge in [-0.25, -0.2) is 0 Å². The van der Waals surface area contributed by atoms with Crippen molar-refractivity contribution in [3.05, 3.63) is 29.0 Å². The van der Waals surface area contributed by atoms with E-state index in [4.69, 9.17) is 21.1 Å². The third-order valence-electron chi connectivity index (χ3n) is 2.14. The fraction of sp³-hybridized carbons (Fsp3) is 0.455. The molecule has 0 aliphatic heterocycles. The van der Waals surface area contributed by atoms with E-state index in [1.807, 2.05) is 0 Å². The summed E-state index contributed by atoms with van der Waals surface area (Å²) < 4.78 is 9.98. The molecule has 0 bridgehead atoms. The van der Waals surface area contributed by atoms with Crippen LogP contribution < -0.4 is 0 Å². The second-order valence-electron chi connectivity index (χ2n) is 3.22. The SMILES string of the molecule is COC(CCC(=O)c1cc(Cl)ccn1)OC. The van der Waals surface area contributed by atoms with Gasteiger partial charge in [0.2, 0.25) is 0 Å². The largest absolute Gasteiger partial charge is 0.356 e. The van der Waals surface area contributed by atoms with Crippen LogP contribution in [0.25, 0.3) is 0 Å². The second kappa shape index (κ2) is 6.58. The summed E-state index contributed by atoms with van der Waals surface area (Å²) in [5.74, 6) is -0.0680. The Balaban J connectivity index is 2.52. The third-order valence-corrected chi connectivity index (χ3v) is 2.38. The molecule has 1 rings (SSSR count). The van der Waals surface area contributed by atoms with E-state index in [9.17, 15) is 4.79 Å². The van der Waals surface area contributed by atoms with Crippen LogP contribution in [0.3, 0.4) is 0 Å². The van der Waals surface area contributed by atoms with Crippen molar-refractivity contribution in [2.45, 2.75) is 19.1 Å². The lowest BCUT2D eigenvalue weighted by Gasteiger charge is -2.11. The van der Waals surface area contributed by atoms with Crippen LogP contribution in [-0.4, -0.2) is 31.3 Å². The first-order valence-electron chi connectivity index (χ1n) is 4.87. The number of methoxy groups -OCH3 is 2. The Bertz CT molecular complexity index is 353. The third kappa shape index (κ3) is 3.89. The van der Waals surface area contributed by atoms with E-state index in [-0.39, 0.29) is 12.1 Å². The Morgan fingerprint density at radius 1 is 1.50 bits per heavy atom. The maximum Gasteiger partial charge on any atom is 0.181 e. The van der Waals surface area contributed by atoms with Crippen molar-refractivity contribution in [1.29, 1.82) is 0 Å². The van der Waals surface area contributed by atoms with Gasteiger partial charge in [-0.15, -0.1) is 0 Å². The van der Waals surface area contributed by atoms with Crippen LogP contribution in [0.4, 0.5) is 0 Å². The average molecular weight is 244 g/mol. The van der Waals surface area contributed by atoms with Crippen LogP contribution in [-0.2, 0) is 9.47 Å². The number of Topliss-reactive ketones (excluding diaryl/α,β-unsaturated/α-hetero) is 1. The molecule has 1 aromatic rings. The van der Waals surface area contributed by atoms with Gasteiger partial charge < -0.3 is 9.47 Å². The molecule has 0 aromatic carbocycles. The first-order chi connectivity index (χ1) is 7.67. The topological polar surface area (TPSA) is 48.4 Å². The maximum atomic E-state index is 11.7. The van der Waals surface area contributed by atoms with Gasteiger partial charge in [0.05, 0.1) is 0 Å². The number of pyridine rings is 1. The van der Waals surface area contributed by atoms with E-state index in [2.05, 4.69) is 4.98 Å². The molecule has 0 unspecified atom stereocenters. The molecule has 4 nitrogen and oxygen atoms in total. The highest BCUT2D eigenvalue weighted by atomic mass is 35.5. The van der Waals surface area contributed by atoms with Crippen molar-refractivity contribution < 1.29 is 14.3 Å². The second-order valence-corrected chi connectivity index (χ2v) is 3.66. The van der Waals surface area contributed by atoms with Gasteiger partial charge in [-0.3, -0.25) is 9.78 Å². The summed E-state index contributed by atoms with van der Waals surface area (Å²) in [6.45, 7) is 0. The van der Waals surface area contributed by atoms with Gasteiger partial charge in [0, 0.05) is 38.3 Å². The number of halogens is 1. The minimum atomic E-state index is -0.358. The van der Waals surface area contributed by atoms with E-state index >= 15 is 0 Å². The number of hydrogen-bond donors (Lipinski definition) is 0. The number of carbonyl (C=O) groups excluding carboxylic acids is 1. The fourth-order valence-corrected chi connectivity index (χ4v) is 1.43. The van der Waals surface area contributed by atoms with E-state index in [1.54, 1.807) is 12.1 Å². The minimum absolute atomic E-state index is 0.0680. The molecule has 5 heteroatoms. The maximum absolute atomic E-state index is 11.7. The molecule has 0 amide bonds. The summed E-state index contributed by atoms with van der Waals surface area (Å²) in [7, 11) is 3.08. The number of rotatable bonds is 6. The zero-order valence-corrected chi connectivity index (χ0v) is 10.0. The molecule has 0 aliphatic carbocycles. The molecule has 88 valence electrons. The first-order valence-corrected chi connectivity index (χ1v) is 5.25. The molecule has 0 aliphatic rings. The van der Waals surface area contributed by atoms with E-state index in [0.717, 1.165) is 0 Å². The number of aromatic nitrogens is 1. The standard InChI is InChI=1S/C11H14ClNO3/c1-15-11(16-2)4-3-10(14)9-7-8(12)5-6-13-9/h5-7,11H,3-4H2,1-2H3. The molecular weight excluding hydrogens is 230 g/mol. The zero-order chi connectivity index (χ0) is 12.0. The number of hydrogen-bond acceptors (Lipinski definition) is 4. The van der Waals surface area contributed by atoms with Crippen LogP contribution in [0, 0.1) is 0 Å². The van der Waals surface area contributed by atoms with Crippen molar-refractivity contribution in [3.63, 3.8) is 0 Å². The lowest BCUT2D eigenvalue weighted by molar-refractivity contribution is -0.105. The molecule has 0 radical (unpaired) electrons. The van der Waals surface area contributed by atoms with Crippen molar-refractivity contribution in [1.82, 2.24) is 4.98 Å². The summed E-state index contributed by atoms with van der Waals surface area (Å²) >= 11 is 5.76. The highest BCUT2D eigenvalue weighted by Crippen LogP contribution is 2.12. The van der Waals surface area contributed by atoms with Crippen LogP contribution in [0.15, 0.2) is 18.3 Å². The van der Waals surface area contributed by atoms with Gasteiger partial charge >= 0.3 is 0 Å². The molecule has 16 heavy (non-hydrogen) atoms. The number of nitrogens with zero attached hydrogens (tertiary/aromatic N) is 1. The van der Waals surface area contributed by atoms with Gasteiger partial charge in [-0.05, 0) is 12.1 Å². The number of ketones is 1. The Morgan fingerprint density at radius 2 is 2.19 bits per heavy atom. The number of carbonyl (C=O) groups is 1. The van der Waals surface area contributed by atoms with Crippen LogP contribution in [0.2, 0.25) is 5.02 Å². The van der Waals surface area contributed by atoms with Gasteiger partial charge in [0.15, 0.2) is 12.1 Å². The van der Waals surface area contributed by atoms with Crippen LogP contribution >= 0.6 is 11.6 Å². The number of ether oxygens (including phenoxy) is 2. The summed E-state index contributed by atoms with van der Waals surface area (Å²) in [5.41, 5.74) is 0.374. The molecule has 0 N–H and O–H groups in total. The fourth-order valence-electron chi connectivity index (χ4n) is 1.27. The lowest BCUT2D eigenvalue weighted by atomic mass is 10.1. The van der Waals surface area contributed by atoms with Crippen LogP contribution in [0.5, 0.6) is 0 Å².